The molecule has 0 amide bonds. The summed E-state index contributed by atoms with van der Waals surface area (Å²) in [4.78, 5) is 0. The van der Waals surface area contributed by atoms with E-state index in [9.17, 15) is 9.50 Å². The maximum atomic E-state index is 13.2. The van der Waals surface area contributed by atoms with Crippen LogP contribution < -0.4 is 0 Å². The number of hydrogen-bond donors (Lipinski definition) is 1. The number of halogens is 2. The lowest BCUT2D eigenvalue weighted by molar-refractivity contribution is 0.177. The van der Waals surface area contributed by atoms with Crippen LogP contribution in [0, 0.1) is 5.82 Å². The molecule has 1 aromatic carbocycles. The van der Waals surface area contributed by atoms with Crippen molar-refractivity contribution in [2.45, 2.75) is 12.5 Å². The fourth-order valence-corrected chi connectivity index (χ4v) is 1.24. The third-order valence-corrected chi connectivity index (χ3v) is 2.02. The molecular formula is C10H10ClFO. The Labute approximate surface area is 81.5 Å². The Balaban J connectivity index is 3.00. The molecule has 0 radical (unpaired) electrons. The summed E-state index contributed by atoms with van der Waals surface area (Å²) in [7, 11) is 0. The van der Waals surface area contributed by atoms with Gasteiger partial charge in [0.15, 0.2) is 0 Å². The number of aliphatic hydroxyl groups excluding tert-OH is 1. The summed E-state index contributed by atoms with van der Waals surface area (Å²) >= 11 is 5.55. The summed E-state index contributed by atoms with van der Waals surface area (Å²) in [5.74, 6) is -0.557. The Morgan fingerprint density at radius 1 is 1.62 bits per heavy atom. The van der Waals surface area contributed by atoms with Crippen LogP contribution in [0.25, 0.3) is 0 Å². The minimum absolute atomic E-state index is 0.0283. The SMILES string of the molecule is C=CCC(O)c1cccc(Cl)c1F. The van der Waals surface area contributed by atoms with E-state index >= 15 is 0 Å². The normalized spacial score (nSPS) is 12.5. The lowest BCUT2D eigenvalue weighted by Gasteiger charge is -2.09. The highest BCUT2D eigenvalue weighted by Gasteiger charge is 2.12. The van der Waals surface area contributed by atoms with Gasteiger partial charge in [-0.1, -0.05) is 29.8 Å². The van der Waals surface area contributed by atoms with Crippen molar-refractivity contribution in [1.82, 2.24) is 0 Å². The smallest absolute Gasteiger partial charge is 0.147 e. The van der Waals surface area contributed by atoms with Gasteiger partial charge in [0, 0.05) is 5.56 Å². The molecule has 70 valence electrons. The van der Waals surface area contributed by atoms with Crippen molar-refractivity contribution in [3.8, 4) is 0 Å². The van der Waals surface area contributed by atoms with Crippen LogP contribution in [-0.4, -0.2) is 5.11 Å². The van der Waals surface area contributed by atoms with Crippen LogP contribution in [0.2, 0.25) is 5.02 Å². The molecular weight excluding hydrogens is 191 g/mol. The molecule has 0 fully saturated rings. The van der Waals surface area contributed by atoms with Gasteiger partial charge in [-0.25, -0.2) is 4.39 Å². The first-order valence-electron chi connectivity index (χ1n) is 3.89. The Bertz CT molecular complexity index is 312. The first-order valence-corrected chi connectivity index (χ1v) is 4.27. The molecule has 1 nitrogen and oxygen atoms in total. The lowest BCUT2D eigenvalue weighted by atomic mass is 10.1. The molecule has 0 aromatic heterocycles. The van der Waals surface area contributed by atoms with Crippen LogP contribution in [0.15, 0.2) is 30.9 Å². The highest BCUT2D eigenvalue weighted by molar-refractivity contribution is 6.30. The monoisotopic (exact) mass is 200 g/mol. The summed E-state index contributed by atoms with van der Waals surface area (Å²) in [6.07, 6.45) is 0.985. The van der Waals surface area contributed by atoms with Crippen molar-refractivity contribution in [2.75, 3.05) is 0 Å². The third-order valence-electron chi connectivity index (χ3n) is 1.73. The molecule has 1 aromatic rings. The van der Waals surface area contributed by atoms with E-state index in [1.165, 1.54) is 18.2 Å². The number of hydrogen-bond acceptors (Lipinski definition) is 1. The summed E-state index contributed by atoms with van der Waals surface area (Å²) in [6, 6.07) is 4.56. The predicted octanol–water partition coefficient (Wildman–Crippen LogP) is 3.09. The molecule has 0 saturated carbocycles. The van der Waals surface area contributed by atoms with Crippen molar-refractivity contribution in [2.24, 2.45) is 0 Å². The zero-order valence-electron chi connectivity index (χ0n) is 7.00. The minimum Gasteiger partial charge on any atom is -0.388 e. The van der Waals surface area contributed by atoms with E-state index in [-0.39, 0.29) is 10.6 Å². The Morgan fingerprint density at radius 2 is 2.31 bits per heavy atom. The molecule has 0 aliphatic rings. The van der Waals surface area contributed by atoms with Gasteiger partial charge in [-0.15, -0.1) is 6.58 Å². The quantitative estimate of drug-likeness (QED) is 0.744. The second kappa shape index (κ2) is 4.40. The molecule has 3 heteroatoms. The molecule has 0 aliphatic heterocycles. The number of rotatable bonds is 3. The van der Waals surface area contributed by atoms with E-state index in [0.717, 1.165) is 0 Å². The first kappa shape index (κ1) is 10.2. The van der Waals surface area contributed by atoms with Crippen LogP contribution in [0.1, 0.15) is 18.1 Å². The molecule has 0 saturated heterocycles. The van der Waals surface area contributed by atoms with Crippen molar-refractivity contribution >= 4 is 11.6 Å². The average Bonchev–Trinajstić information content (AvgIpc) is 2.10. The predicted molar refractivity (Wildman–Crippen MR) is 51.2 cm³/mol. The summed E-state index contributed by atoms with van der Waals surface area (Å²) in [6.45, 7) is 3.46. The van der Waals surface area contributed by atoms with Crippen molar-refractivity contribution in [3.63, 3.8) is 0 Å². The molecule has 1 atom stereocenters. The van der Waals surface area contributed by atoms with Gasteiger partial charge in [0.25, 0.3) is 0 Å². The van der Waals surface area contributed by atoms with Gasteiger partial charge >= 0.3 is 0 Å². The highest BCUT2D eigenvalue weighted by Crippen LogP contribution is 2.25. The topological polar surface area (TPSA) is 20.2 Å². The largest absolute Gasteiger partial charge is 0.388 e. The second-order valence-corrected chi connectivity index (χ2v) is 3.09. The van der Waals surface area contributed by atoms with E-state index < -0.39 is 11.9 Å². The van der Waals surface area contributed by atoms with Crippen molar-refractivity contribution in [3.05, 3.63) is 47.3 Å². The van der Waals surface area contributed by atoms with Gasteiger partial charge in [-0.3, -0.25) is 0 Å². The van der Waals surface area contributed by atoms with Gasteiger partial charge in [0.05, 0.1) is 11.1 Å². The fraction of sp³-hybridized carbons (Fsp3) is 0.200. The second-order valence-electron chi connectivity index (χ2n) is 2.68. The minimum atomic E-state index is -0.865. The zero-order valence-corrected chi connectivity index (χ0v) is 7.76. The van der Waals surface area contributed by atoms with Crippen LogP contribution in [0.3, 0.4) is 0 Å². The van der Waals surface area contributed by atoms with Crippen molar-refractivity contribution in [1.29, 1.82) is 0 Å². The van der Waals surface area contributed by atoms with E-state index in [0.29, 0.717) is 6.42 Å². The van der Waals surface area contributed by atoms with E-state index in [2.05, 4.69) is 6.58 Å². The van der Waals surface area contributed by atoms with Gasteiger partial charge in [0.1, 0.15) is 5.82 Å². The van der Waals surface area contributed by atoms with E-state index in [4.69, 9.17) is 11.6 Å². The van der Waals surface area contributed by atoms with E-state index in [1.807, 2.05) is 0 Å². The number of benzene rings is 1. The molecule has 0 spiro atoms. The molecule has 0 bridgehead atoms. The molecule has 1 unspecified atom stereocenters. The number of aliphatic hydroxyl groups is 1. The zero-order chi connectivity index (χ0) is 9.84. The lowest BCUT2D eigenvalue weighted by Crippen LogP contribution is -1.99. The summed E-state index contributed by atoms with van der Waals surface area (Å²) in [5, 5.41) is 9.48. The van der Waals surface area contributed by atoms with Crippen LogP contribution >= 0.6 is 11.6 Å². The highest BCUT2D eigenvalue weighted by atomic mass is 35.5. The van der Waals surface area contributed by atoms with E-state index in [1.54, 1.807) is 6.07 Å². The van der Waals surface area contributed by atoms with Crippen molar-refractivity contribution < 1.29 is 9.50 Å². The molecule has 13 heavy (non-hydrogen) atoms. The van der Waals surface area contributed by atoms with Crippen LogP contribution in [-0.2, 0) is 0 Å². The summed E-state index contributed by atoms with van der Waals surface area (Å²) < 4.78 is 13.2. The van der Waals surface area contributed by atoms with Gasteiger partial charge in [0.2, 0.25) is 0 Å². The fourth-order valence-electron chi connectivity index (χ4n) is 1.06. The van der Waals surface area contributed by atoms with Gasteiger partial charge in [-0.05, 0) is 12.5 Å². The maximum absolute atomic E-state index is 13.2. The molecule has 1 N–H and O–H groups in total. The molecule has 1 rings (SSSR count). The third kappa shape index (κ3) is 2.29. The van der Waals surface area contributed by atoms with Crippen LogP contribution in [0.5, 0.6) is 0 Å². The Hall–Kier alpha value is -0.860. The first-order chi connectivity index (χ1) is 6.16. The van der Waals surface area contributed by atoms with Gasteiger partial charge < -0.3 is 5.11 Å². The Morgan fingerprint density at radius 3 is 2.92 bits per heavy atom. The Kier molecular flexibility index (Phi) is 3.46. The standard InChI is InChI=1S/C10H10ClFO/c1-2-4-9(13)7-5-3-6-8(11)10(7)12/h2-3,5-6,9,13H,1,4H2. The van der Waals surface area contributed by atoms with Gasteiger partial charge in [-0.2, -0.15) is 0 Å². The average molecular weight is 201 g/mol. The maximum Gasteiger partial charge on any atom is 0.147 e. The summed E-state index contributed by atoms with van der Waals surface area (Å²) in [5.41, 5.74) is 0.215. The van der Waals surface area contributed by atoms with Crippen LogP contribution in [0.4, 0.5) is 4.39 Å². The molecule has 0 heterocycles. The molecule has 0 aliphatic carbocycles.